The van der Waals surface area contributed by atoms with Crippen molar-refractivity contribution in [2.45, 2.75) is 38.8 Å². The molecule has 0 spiro atoms. The fraction of sp³-hybridized carbons (Fsp3) is 0.750. The number of H-pyrrole nitrogens is 1. The van der Waals surface area contributed by atoms with E-state index in [4.69, 9.17) is 0 Å². The fourth-order valence-electron chi connectivity index (χ4n) is 3.86. The molecule has 1 amide bonds. The van der Waals surface area contributed by atoms with Gasteiger partial charge in [0.2, 0.25) is 15.9 Å². The minimum absolute atomic E-state index is 0.0450. The second-order valence-electron chi connectivity index (χ2n) is 7.23. The lowest BCUT2D eigenvalue weighted by atomic mass is 9.95. The Morgan fingerprint density at radius 2 is 2.16 bits per heavy atom. The van der Waals surface area contributed by atoms with Crippen LogP contribution < -0.4 is 4.72 Å². The van der Waals surface area contributed by atoms with Gasteiger partial charge in [-0.2, -0.15) is 0 Å². The highest BCUT2D eigenvalue weighted by Crippen LogP contribution is 2.29. The van der Waals surface area contributed by atoms with Crippen molar-refractivity contribution < 1.29 is 13.2 Å². The van der Waals surface area contributed by atoms with E-state index in [1.165, 1.54) is 0 Å². The normalized spacial score (nSPS) is 24.5. The number of rotatable bonds is 6. The van der Waals surface area contributed by atoms with Gasteiger partial charge in [-0.05, 0) is 25.7 Å². The Morgan fingerprint density at radius 1 is 1.36 bits per heavy atom. The third-order valence-electron chi connectivity index (χ3n) is 5.12. The Balaban J connectivity index is 1.59. The Hall–Kier alpha value is -1.45. The number of sulfonamides is 1. The molecule has 3 saturated heterocycles. The number of carbonyl (C=O) groups excluding carboxylic acids is 1. The molecule has 0 saturated carbocycles. The van der Waals surface area contributed by atoms with Crippen LogP contribution in [0, 0.1) is 12.8 Å². The Morgan fingerprint density at radius 3 is 2.84 bits per heavy atom. The highest BCUT2D eigenvalue weighted by molar-refractivity contribution is 7.88. The van der Waals surface area contributed by atoms with E-state index in [0.717, 1.165) is 56.7 Å². The van der Waals surface area contributed by atoms with Crippen molar-refractivity contribution >= 4 is 15.9 Å². The van der Waals surface area contributed by atoms with Gasteiger partial charge in [0.25, 0.3) is 0 Å². The number of fused-ring (bicyclic) bond motifs is 4. The lowest BCUT2D eigenvalue weighted by Crippen LogP contribution is -2.48. The van der Waals surface area contributed by atoms with Crippen LogP contribution in [0.1, 0.15) is 30.7 Å². The van der Waals surface area contributed by atoms with Gasteiger partial charge in [0, 0.05) is 50.9 Å². The molecule has 1 aromatic heterocycles. The number of nitrogens with one attached hydrogen (secondary N) is 2. The van der Waals surface area contributed by atoms with E-state index in [9.17, 15) is 13.2 Å². The molecule has 4 rings (SSSR count). The Bertz CT molecular complexity index is 717. The van der Waals surface area contributed by atoms with Gasteiger partial charge in [0.05, 0.1) is 18.3 Å². The summed E-state index contributed by atoms with van der Waals surface area (Å²) < 4.78 is 24.7. The number of imidazole rings is 1. The smallest absolute Gasteiger partial charge is 0.224 e. The zero-order valence-electron chi connectivity index (χ0n) is 14.9. The summed E-state index contributed by atoms with van der Waals surface area (Å²) in [6, 6.07) is 0.212. The highest BCUT2D eigenvalue weighted by Gasteiger charge is 2.37. The molecule has 2 bridgehead atoms. The first-order valence-electron chi connectivity index (χ1n) is 8.77. The fourth-order valence-corrected chi connectivity index (χ4v) is 4.33. The topological polar surface area (TPSA) is 98.4 Å². The van der Waals surface area contributed by atoms with Gasteiger partial charge in [0.1, 0.15) is 0 Å². The molecule has 4 heterocycles. The lowest BCUT2D eigenvalue weighted by Gasteiger charge is -2.36. The van der Waals surface area contributed by atoms with E-state index in [1.54, 1.807) is 6.33 Å². The third-order valence-corrected chi connectivity index (χ3v) is 5.85. The summed E-state index contributed by atoms with van der Waals surface area (Å²) in [6.07, 6.45) is 5.22. The van der Waals surface area contributed by atoms with Crippen LogP contribution in [0.2, 0.25) is 0 Å². The van der Waals surface area contributed by atoms with Crippen LogP contribution in [-0.2, 0) is 21.4 Å². The molecule has 8 nitrogen and oxygen atoms in total. The van der Waals surface area contributed by atoms with Gasteiger partial charge in [-0.3, -0.25) is 9.69 Å². The standard InChI is InChI=1S/C16H27N5O3S/c1-12-15(18-11-17-12)10-20-7-13-3-4-14(9-20)21(8-13)16(22)5-6-19-25(2,23)24/h11,13-14,19H,3-10H2,1-2H3,(H,17,18)/t13-,14+/m1/s1. The summed E-state index contributed by atoms with van der Waals surface area (Å²) in [6.45, 7) is 5.61. The summed E-state index contributed by atoms with van der Waals surface area (Å²) in [5.41, 5.74) is 2.16. The van der Waals surface area contributed by atoms with E-state index in [1.807, 2.05) is 11.8 Å². The number of nitrogens with zero attached hydrogens (tertiary/aromatic N) is 3. The molecule has 1 aromatic rings. The number of aromatic nitrogens is 2. The zero-order valence-corrected chi connectivity index (χ0v) is 15.7. The van der Waals surface area contributed by atoms with E-state index in [-0.39, 0.29) is 24.9 Å². The van der Waals surface area contributed by atoms with Crippen molar-refractivity contribution in [1.82, 2.24) is 24.5 Å². The molecule has 0 unspecified atom stereocenters. The monoisotopic (exact) mass is 369 g/mol. The molecule has 0 radical (unpaired) electrons. The molecular weight excluding hydrogens is 342 g/mol. The molecular formula is C16H27N5O3S. The summed E-state index contributed by atoms with van der Waals surface area (Å²) in [5.74, 6) is 0.522. The first-order chi connectivity index (χ1) is 11.8. The van der Waals surface area contributed by atoms with Crippen LogP contribution in [0.25, 0.3) is 0 Å². The second-order valence-corrected chi connectivity index (χ2v) is 9.06. The molecule has 0 aliphatic carbocycles. The Labute approximate surface area is 149 Å². The average Bonchev–Trinajstić information content (AvgIpc) is 2.74. The van der Waals surface area contributed by atoms with Crippen LogP contribution in [0.15, 0.2) is 6.33 Å². The number of hydrogen-bond acceptors (Lipinski definition) is 5. The number of carbonyl (C=O) groups is 1. The van der Waals surface area contributed by atoms with Crippen LogP contribution >= 0.6 is 0 Å². The number of aryl methyl sites for hydroxylation is 1. The molecule has 2 N–H and O–H groups in total. The number of hydrogen-bond donors (Lipinski definition) is 2. The lowest BCUT2D eigenvalue weighted by molar-refractivity contribution is -0.135. The number of amides is 1. The van der Waals surface area contributed by atoms with Crippen LogP contribution in [0.5, 0.6) is 0 Å². The molecule has 9 heteroatoms. The van der Waals surface area contributed by atoms with Crippen molar-refractivity contribution in [3.8, 4) is 0 Å². The van der Waals surface area contributed by atoms with Crippen molar-refractivity contribution in [1.29, 1.82) is 0 Å². The maximum atomic E-state index is 12.6. The summed E-state index contributed by atoms with van der Waals surface area (Å²) in [5, 5.41) is 0. The van der Waals surface area contributed by atoms with Crippen molar-refractivity contribution in [2.75, 3.05) is 32.4 Å². The van der Waals surface area contributed by atoms with E-state index in [0.29, 0.717) is 5.92 Å². The molecule has 25 heavy (non-hydrogen) atoms. The summed E-state index contributed by atoms with van der Waals surface area (Å²) in [7, 11) is -3.25. The molecule has 140 valence electrons. The van der Waals surface area contributed by atoms with Crippen LogP contribution in [0.3, 0.4) is 0 Å². The van der Waals surface area contributed by atoms with E-state index < -0.39 is 10.0 Å². The summed E-state index contributed by atoms with van der Waals surface area (Å²) >= 11 is 0. The summed E-state index contributed by atoms with van der Waals surface area (Å²) in [4.78, 5) is 24.4. The largest absolute Gasteiger partial charge is 0.348 e. The quantitative estimate of drug-likeness (QED) is 0.740. The van der Waals surface area contributed by atoms with Gasteiger partial charge in [-0.1, -0.05) is 0 Å². The molecule has 3 aliphatic heterocycles. The van der Waals surface area contributed by atoms with Gasteiger partial charge in [0.15, 0.2) is 0 Å². The highest BCUT2D eigenvalue weighted by atomic mass is 32.2. The number of piperidine rings is 1. The first-order valence-corrected chi connectivity index (χ1v) is 10.7. The predicted octanol–water partition coefficient (Wildman–Crippen LogP) is 0.0802. The van der Waals surface area contributed by atoms with E-state index in [2.05, 4.69) is 19.6 Å². The SMILES string of the molecule is Cc1[nH]cnc1CN1C[C@H]2CC[C@@H](C1)N(C(=O)CCNS(C)(=O)=O)C2. The van der Waals surface area contributed by atoms with Gasteiger partial charge in [-0.25, -0.2) is 18.1 Å². The molecule has 3 fully saturated rings. The minimum Gasteiger partial charge on any atom is -0.348 e. The average molecular weight is 369 g/mol. The van der Waals surface area contributed by atoms with Crippen LogP contribution in [-0.4, -0.2) is 72.6 Å². The van der Waals surface area contributed by atoms with Crippen LogP contribution in [0.4, 0.5) is 0 Å². The first kappa shape index (κ1) is 18.3. The number of aromatic amines is 1. The van der Waals surface area contributed by atoms with Crippen molar-refractivity contribution in [2.24, 2.45) is 5.92 Å². The van der Waals surface area contributed by atoms with Crippen molar-refractivity contribution in [3.05, 3.63) is 17.7 Å². The van der Waals surface area contributed by atoms with Gasteiger partial charge in [-0.15, -0.1) is 0 Å². The van der Waals surface area contributed by atoms with Gasteiger partial charge < -0.3 is 9.88 Å². The second kappa shape index (κ2) is 7.43. The Kier molecular flexibility index (Phi) is 5.45. The van der Waals surface area contributed by atoms with Crippen molar-refractivity contribution in [3.63, 3.8) is 0 Å². The third kappa shape index (κ3) is 4.80. The molecule has 2 atom stereocenters. The minimum atomic E-state index is -3.25. The van der Waals surface area contributed by atoms with E-state index >= 15 is 0 Å². The molecule has 0 aromatic carbocycles. The zero-order chi connectivity index (χ0) is 18.0. The maximum Gasteiger partial charge on any atom is 0.224 e. The molecule has 3 aliphatic rings. The predicted molar refractivity (Wildman–Crippen MR) is 94.3 cm³/mol. The van der Waals surface area contributed by atoms with Gasteiger partial charge >= 0.3 is 0 Å². The maximum absolute atomic E-state index is 12.6.